The van der Waals surface area contributed by atoms with Crippen LogP contribution in [0.15, 0.2) is 24.3 Å². The zero-order valence-electron chi connectivity index (χ0n) is 16.3. The molecule has 1 aromatic carbocycles. The number of benzene rings is 1. The molecule has 30 heavy (non-hydrogen) atoms. The van der Waals surface area contributed by atoms with Gasteiger partial charge in [0.15, 0.2) is 0 Å². The van der Waals surface area contributed by atoms with Crippen molar-refractivity contribution < 1.29 is 34.5 Å². The minimum atomic E-state index is -1.31. The van der Waals surface area contributed by atoms with Gasteiger partial charge in [-0.05, 0) is 66.0 Å². The van der Waals surface area contributed by atoms with Crippen molar-refractivity contribution in [2.45, 2.75) is 50.7 Å². The summed E-state index contributed by atoms with van der Waals surface area (Å²) in [6.45, 7) is 0.669. The van der Waals surface area contributed by atoms with Crippen molar-refractivity contribution in [1.82, 2.24) is 16.0 Å². The first kappa shape index (κ1) is 25.6. The van der Waals surface area contributed by atoms with Gasteiger partial charge in [-0.3, -0.25) is 9.59 Å². The van der Waals surface area contributed by atoms with Gasteiger partial charge in [0.2, 0.25) is 0 Å². The molecule has 0 saturated carbocycles. The average molecular weight is 535 g/mol. The van der Waals surface area contributed by atoms with E-state index in [4.69, 9.17) is 10.2 Å². The Morgan fingerprint density at radius 1 is 0.900 bits per heavy atom. The lowest BCUT2D eigenvalue weighted by Gasteiger charge is -2.16. The van der Waals surface area contributed by atoms with Crippen LogP contribution in [-0.2, 0) is 20.9 Å². The molecule has 6 N–H and O–H groups in total. The minimum absolute atomic E-state index is 0.218. The van der Waals surface area contributed by atoms with Gasteiger partial charge in [0, 0.05) is 23.1 Å². The molecular formula is C19H26IN3O7. The second-order valence-electron chi connectivity index (χ2n) is 6.62. The van der Waals surface area contributed by atoms with Crippen molar-refractivity contribution >= 4 is 46.5 Å². The summed E-state index contributed by atoms with van der Waals surface area (Å²) in [4.78, 5) is 44.7. The highest BCUT2D eigenvalue weighted by Gasteiger charge is 2.21. The van der Waals surface area contributed by atoms with Crippen LogP contribution in [0.25, 0.3) is 0 Å². The molecule has 0 unspecified atom stereocenters. The Balaban J connectivity index is 2.29. The molecule has 0 radical (unpaired) electrons. The number of carboxylic acids is 3. The number of nitrogens with one attached hydrogen (secondary N) is 3. The van der Waals surface area contributed by atoms with E-state index in [-0.39, 0.29) is 19.4 Å². The van der Waals surface area contributed by atoms with Crippen LogP contribution in [0.5, 0.6) is 0 Å². The van der Waals surface area contributed by atoms with Gasteiger partial charge < -0.3 is 31.3 Å². The fourth-order valence-corrected chi connectivity index (χ4v) is 2.93. The molecule has 0 fully saturated rings. The van der Waals surface area contributed by atoms with E-state index in [1.54, 1.807) is 0 Å². The van der Waals surface area contributed by atoms with Crippen LogP contribution in [0.3, 0.4) is 0 Å². The Kier molecular flexibility index (Phi) is 11.7. The van der Waals surface area contributed by atoms with Crippen molar-refractivity contribution in [3.05, 3.63) is 33.4 Å². The van der Waals surface area contributed by atoms with Gasteiger partial charge in [-0.15, -0.1) is 0 Å². The lowest BCUT2D eigenvalue weighted by Crippen LogP contribution is -2.46. The number of aliphatic carboxylic acids is 3. The second kappa shape index (κ2) is 13.7. The summed E-state index contributed by atoms with van der Waals surface area (Å²) in [6, 6.07) is 5.03. The summed E-state index contributed by atoms with van der Waals surface area (Å²) in [5.41, 5.74) is 0.982. The topological polar surface area (TPSA) is 165 Å². The molecule has 1 rings (SSSR count). The average Bonchev–Trinajstić information content (AvgIpc) is 2.67. The molecule has 0 aliphatic heterocycles. The fourth-order valence-electron chi connectivity index (χ4n) is 2.57. The highest BCUT2D eigenvalue weighted by atomic mass is 127. The molecule has 10 nitrogen and oxygen atoms in total. The molecule has 0 spiro atoms. The highest BCUT2D eigenvalue weighted by molar-refractivity contribution is 14.1. The third kappa shape index (κ3) is 11.0. The molecule has 2 amide bonds. The van der Waals surface area contributed by atoms with Gasteiger partial charge >= 0.3 is 23.9 Å². The van der Waals surface area contributed by atoms with Gasteiger partial charge in [0.1, 0.15) is 12.1 Å². The van der Waals surface area contributed by atoms with Crippen molar-refractivity contribution in [2.24, 2.45) is 0 Å². The number of unbranched alkanes of at least 4 members (excludes halogenated alkanes) is 1. The number of urea groups is 1. The zero-order valence-corrected chi connectivity index (χ0v) is 18.4. The van der Waals surface area contributed by atoms with Crippen LogP contribution in [0.2, 0.25) is 0 Å². The van der Waals surface area contributed by atoms with E-state index in [1.807, 2.05) is 24.3 Å². The molecule has 0 bridgehead atoms. The minimum Gasteiger partial charge on any atom is -0.481 e. The number of amides is 2. The number of halogens is 1. The van der Waals surface area contributed by atoms with E-state index < -0.39 is 36.0 Å². The first-order chi connectivity index (χ1) is 14.2. The monoisotopic (exact) mass is 535 g/mol. The van der Waals surface area contributed by atoms with Gasteiger partial charge in [0.05, 0.1) is 0 Å². The molecule has 0 saturated heterocycles. The van der Waals surface area contributed by atoms with E-state index in [0.717, 1.165) is 9.13 Å². The highest BCUT2D eigenvalue weighted by Crippen LogP contribution is 2.08. The van der Waals surface area contributed by atoms with Gasteiger partial charge in [-0.25, -0.2) is 9.59 Å². The van der Waals surface area contributed by atoms with Crippen LogP contribution in [0.4, 0.5) is 4.79 Å². The Morgan fingerprint density at radius 2 is 1.53 bits per heavy atom. The van der Waals surface area contributed by atoms with Crippen molar-refractivity contribution in [3.63, 3.8) is 0 Å². The number of carboxylic acid groups (broad SMARTS) is 3. The molecule has 0 aromatic heterocycles. The number of carbonyl (C=O) groups excluding carboxylic acids is 1. The number of rotatable bonds is 14. The third-order valence-electron chi connectivity index (χ3n) is 4.22. The van der Waals surface area contributed by atoms with E-state index in [2.05, 4.69) is 38.5 Å². The molecule has 2 atom stereocenters. The maximum absolute atomic E-state index is 11.8. The van der Waals surface area contributed by atoms with Crippen molar-refractivity contribution in [1.29, 1.82) is 0 Å². The molecule has 166 valence electrons. The SMILES string of the molecule is O=C(O)CC[C@H](NC(=O)NCCCC[C@H](NCc1ccc(I)cc1)C(=O)O)C(=O)O. The number of hydrogen-bond acceptors (Lipinski definition) is 5. The Morgan fingerprint density at radius 3 is 2.10 bits per heavy atom. The first-order valence-electron chi connectivity index (χ1n) is 9.38. The molecule has 0 aliphatic rings. The molecule has 0 heterocycles. The summed E-state index contributed by atoms with van der Waals surface area (Å²) >= 11 is 2.19. The molecule has 11 heteroatoms. The van der Waals surface area contributed by atoms with Crippen LogP contribution in [-0.4, -0.2) is 57.9 Å². The Labute approximate surface area is 187 Å². The maximum Gasteiger partial charge on any atom is 0.326 e. The van der Waals surface area contributed by atoms with Crippen LogP contribution in [0.1, 0.15) is 37.7 Å². The molecule has 0 aliphatic carbocycles. The van der Waals surface area contributed by atoms with Gasteiger partial charge in [-0.2, -0.15) is 0 Å². The van der Waals surface area contributed by atoms with Crippen molar-refractivity contribution in [3.8, 4) is 0 Å². The zero-order chi connectivity index (χ0) is 22.5. The Hall–Kier alpha value is -2.41. The van der Waals surface area contributed by atoms with Gasteiger partial charge in [-0.1, -0.05) is 12.1 Å². The van der Waals surface area contributed by atoms with Crippen LogP contribution < -0.4 is 16.0 Å². The smallest absolute Gasteiger partial charge is 0.326 e. The van der Waals surface area contributed by atoms with Crippen LogP contribution >= 0.6 is 22.6 Å². The van der Waals surface area contributed by atoms with E-state index >= 15 is 0 Å². The normalized spacial score (nSPS) is 12.6. The largest absolute Gasteiger partial charge is 0.481 e. The standard InChI is InChI=1S/C19H26IN3O7/c20-13-6-4-12(5-7-13)11-22-14(17(26)27)3-1-2-10-21-19(30)23-15(18(28)29)8-9-16(24)25/h4-7,14-15,22H,1-3,8-11H2,(H,24,25)(H,26,27)(H,28,29)(H2,21,23,30)/t14-,15-/m0/s1. The summed E-state index contributed by atoms with van der Waals surface area (Å²) in [7, 11) is 0. The number of hydrogen-bond donors (Lipinski definition) is 6. The summed E-state index contributed by atoms with van der Waals surface area (Å²) in [5.74, 6) is -3.41. The summed E-state index contributed by atoms with van der Waals surface area (Å²) < 4.78 is 1.10. The predicted octanol–water partition coefficient (Wildman–Crippen LogP) is 1.62. The quantitative estimate of drug-likeness (QED) is 0.155. The summed E-state index contributed by atoms with van der Waals surface area (Å²) in [5, 5.41) is 34.7. The lowest BCUT2D eigenvalue weighted by atomic mass is 10.1. The first-order valence-corrected chi connectivity index (χ1v) is 10.5. The van der Waals surface area contributed by atoms with Gasteiger partial charge in [0.25, 0.3) is 0 Å². The predicted molar refractivity (Wildman–Crippen MR) is 116 cm³/mol. The summed E-state index contributed by atoms with van der Waals surface area (Å²) in [6.07, 6.45) is 0.834. The Bertz CT molecular complexity index is 727. The van der Waals surface area contributed by atoms with Crippen LogP contribution in [0, 0.1) is 3.57 Å². The fraction of sp³-hybridized carbons (Fsp3) is 0.474. The van der Waals surface area contributed by atoms with E-state index in [9.17, 15) is 24.3 Å². The van der Waals surface area contributed by atoms with E-state index in [0.29, 0.717) is 25.8 Å². The van der Waals surface area contributed by atoms with Crippen molar-refractivity contribution in [2.75, 3.05) is 6.54 Å². The maximum atomic E-state index is 11.8. The second-order valence-corrected chi connectivity index (χ2v) is 7.86. The molecule has 1 aromatic rings. The van der Waals surface area contributed by atoms with E-state index in [1.165, 1.54) is 0 Å². The third-order valence-corrected chi connectivity index (χ3v) is 4.94. The molecular weight excluding hydrogens is 509 g/mol. The lowest BCUT2D eigenvalue weighted by molar-refractivity contribution is -0.141. The number of carbonyl (C=O) groups is 4.